The molecule has 0 bridgehead atoms. The van der Waals surface area contributed by atoms with E-state index in [0.29, 0.717) is 54.7 Å². The van der Waals surface area contributed by atoms with Crippen molar-refractivity contribution in [3.63, 3.8) is 0 Å². The van der Waals surface area contributed by atoms with Crippen LogP contribution in [0.15, 0.2) is 29.2 Å². The first-order valence-corrected chi connectivity index (χ1v) is 12.1. The first-order valence-electron chi connectivity index (χ1n) is 12.1. The third kappa shape index (κ3) is 6.65. The van der Waals surface area contributed by atoms with Crippen LogP contribution in [0.1, 0.15) is 37.7 Å². The fraction of sp³-hybridized carbons (Fsp3) is 0.500. The number of hydrogen-bond donors (Lipinski definition) is 2. The van der Waals surface area contributed by atoms with E-state index in [-0.39, 0.29) is 23.7 Å². The Kier molecular flexibility index (Phi) is 8.39. The van der Waals surface area contributed by atoms with Crippen LogP contribution in [0.4, 0.5) is 17.6 Å². The van der Waals surface area contributed by atoms with Gasteiger partial charge in [-0.3, -0.25) is 9.69 Å². The number of H-pyrrole nitrogens is 1. The monoisotopic (exact) mass is 557 g/mol. The molecule has 2 aliphatic rings. The summed E-state index contributed by atoms with van der Waals surface area (Å²) in [5.74, 6) is -1.71. The third-order valence-corrected chi connectivity index (χ3v) is 6.46. The number of aromatic amines is 1. The van der Waals surface area contributed by atoms with Crippen molar-refractivity contribution in [2.45, 2.75) is 44.1 Å². The maximum Gasteiger partial charge on any atom is 0.490 e. The van der Waals surface area contributed by atoms with Gasteiger partial charge in [-0.25, -0.2) is 18.9 Å². The second-order valence-electron chi connectivity index (χ2n) is 9.12. The van der Waals surface area contributed by atoms with Crippen molar-refractivity contribution < 1.29 is 41.7 Å². The molecule has 1 atom stereocenters. The molecule has 0 aliphatic carbocycles. The van der Waals surface area contributed by atoms with Crippen LogP contribution in [0.2, 0.25) is 0 Å². The van der Waals surface area contributed by atoms with E-state index < -0.39 is 18.0 Å². The summed E-state index contributed by atoms with van der Waals surface area (Å²) >= 11 is 0. The van der Waals surface area contributed by atoms with E-state index in [9.17, 15) is 22.4 Å². The molecule has 2 saturated heterocycles. The van der Waals surface area contributed by atoms with E-state index in [2.05, 4.69) is 15.0 Å². The lowest BCUT2D eigenvalue weighted by atomic mass is 10.1. The molecule has 2 aromatic heterocycles. The zero-order valence-electron chi connectivity index (χ0n) is 21.1. The van der Waals surface area contributed by atoms with Crippen molar-refractivity contribution in [2.75, 3.05) is 33.4 Å². The molecule has 2 N–H and O–H groups in total. The number of carboxylic acids is 1. The lowest BCUT2D eigenvalue weighted by Crippen LogP contribution is -2.54. The van der Waals surface area contributed by atoms with Gasteiger partial charge in [-0.2, -0.15) is 18.3 Å². The SMILES string of the molecule is COc1cc(F)cc(OC2CN(C(C)c3nc4c(cnn4C4CCOCC4)c(=O)[nH]3)C2)c1.O=C(O)C(F)(F)F. The molecule has 0 radical (unpaired) electrons. The van der Waals surface area contributed by atoms with Crippen LogP contribution in [-0.4, -0.2) is 81.4 Å². The van der Waals surface area contributed by atoms with Gasteiger partial charge in [-0.05, 0) is 19.8 Å². The van der Waals surface area contributed by atoms with Crippen LogP contribution >= 0.6 is 0 Å². The number of fused-ring (bicyclic) bond motifs is 1. The van der Waals surface area contributed by atoms with Crippen molar-refractivity contribution in [3.8, 4) is 11.5 Å². The first kappa shape index (κ1) is 28.3. The standard InChI is InChI=1S/C22H26FN5O4.C2HF3O2/c1-13(27-11-18(12-27)32-17-8-14(23)7-16(9-17)30-2)20-25-21-19(22(29)26-20)10-24-28(21)15-3-5-31-6-4-15;3-2(4,5)1(6)7/h7-10,13,15,18H,3-6,11-12H2,1-2H3,(H,25,26,29);(H,6,7). The minimum atomic E-state index is -5.08. The summed E-state index contributed by atoms with van der Waals surface area (Å²) in [6, 6.07) is 4.40. The molecule has 2 aliphatic heterocycles. The van der Waals surface area contributed by atoms with E-state index in [4.69, 9.17) is 29.1 Å². The fourth-order valence-electron chi connectivity index (χ4n) is 4.30. The van der Waals surface area contributed by atoms with E-state index in [1.54, 1.807) is 12.3 Å². The molecule has 0 spiro atoms. The molecule has 4 heterocycles. The van der Waals surface area contributed by atoms with Gasteiger partial charge in [0.2, 0.25) is 0 Å². The summed E-state index contributed by atoms with van der Waals surface area (Å²) in [6.45, 7) is 4.65. The third-order valence-electron chi connectivity index (χ3n) is 6.46. The Bertz CT molecular complexity index is 1370. The lowest BCUT2D eigenvalue weighted by molar-refractivity contribution is -0.192. The van der Waals surface area contributed by atoms with Gasteiger partial charge in [0.15, 0.2) is 5.65 Å². The van der Waals surface area contributed by atoms with Crippen LogP contribution in [0.5, 0.6) is 11.5 Å². The number of carbonyl (C=O) groups is 1. The van der Waals surface area contributed by atoms with Gasteiger partial charge >= 0.3 is 12.1 Å². The average Bonchev–Trinajstić information content (AvgIpc) is 3.30. The number of methoxy groups -OCH3 is 1. The zero-order chi connectivity index (χ0) is 28.3. The fourth-order valence-corrected chi connectivity index (χ4v) is 4.30. The number of likely N-dealkylation sites (tertiary alicyclic amines) is 1. The summed E-state index contributed by atoms with van der Waals surface area (Å²) in [5.41, 5.74) is 0.429. The molecule has 39 heavy (non-hydrogen) atoms. The number of benzene rings is 1. The minimum Gasteiger partial charge on any atom is -0.497 e. The summed E-state index contributed by atoms with van der Waals surface area (Å²) in [5, 5.41) is 12.1. The van der Waals surface area contributed by atoms with Crippen LogP contribution in [0, 0.1) is 5.82 Å². The second kappa shape index (κ2) is 11.6. The molecule has 1 unspecified atom stereocenters. The van der Waals surface area contributed by atoms with E-state index >= 15 is 0 Å². The molecule has 1 aromatic carbocycles. The Balaban J connectivity index is 0.000000448. The van der Waals surface area contributed by atoms with Gasteiger partial charge in [0.25, 0.3) is 5.56 Å². The van der Waals surface area contributed by atoms with E-state index in [0.717, 1.165) is 12.8 Å². The zero-order valence-corrected chi connectivity index (χ0v) is 21.1. The molecule has 0 saturated carbocycles. The Hall–Kier alpha value is -3.72. The van der Waals surface area contributed by atoms with E-state index in [1.165, 1.54) is 19.2 Å². The summed E-state index contributed by atoms with van der Waals surface area (Å²) < 4.78 is 63.7. The molecular formula is C24H27F4N5O6. The number of hydrogen-bond acceptors (Lipinski definition) is 8. The number of alkyl halides is 3. The Morgan fingerprint density at radius 2 is 1.85 bits per heavy atom. The molecule has 15 heteroatoms. The van der Waals surface area contributed by atoms with Gasteiger partial charge in [-0.15, -0.1) is 0 Å². The molecule has 11 nitrogen and oxygen atoms in total. The van der Waals surface area contributed by atoms with Gasteiger partial charge in [0, 0.05) is 44.5 Å². The highest BCUT2D eigenvalue weighted by molar-refractivity contribution is 5.73. The van der Waals surface area contributed by atoms with Crippen molar-refractivity contribution >= 4 is 17.0 Å². The molecule has 5 rings (SSSR count). The summed E-state index contributed by atoms with van der Waals surface area (Å²) in [4.78, 5) is 31.4. The molecule has 3 aromatic rings. The Morgan fingerprint density at radius 3 is 2.46 bits per heavy atom. The van der Waals surface area contributed by atoms with Crippen molar-refractivity contribution in [1.29, 1.82) is 0 Å². The normalized spacial score (nSPS) is 17.7. The highest BCUT2D eigenvalue weighted by atomic mass is 19.4. The number of aromatic nitrogens is 4. The summed E-state index contributed by atoms with van der Waals surface area (Å²) in [7, 11) is 1.49. The number of ether oxygens (including phenoxy) is 3. The van der Waals surface area contributed by atoms with Gasteiger partial charge in [0.1, 0.15) is 34.6 Å². The minimum absolute atomic E-state index is 0.0767. The maximum atomic E-state index is 13.7. The van der Waals surface area contributed by atoms with Crippen molar-refractivity contribution in [2.24, 2.45) is 0 Å². The van der Waals surface area contributed by atoms with Crippen molar-refractivity contribution in [3.05, 3.63) is 46.4 Å². The number of nitrogens with zero attached hydrogens (tertiary/aromatic N) is 4. The smallest absolute Gasteiger partial charge is 0.490 e. The predicted octanol–water partition coefficient (Wildman–Crippen LogP) is 3.08. The summed E-state index contributed by atoms with van der Waals surface area (Å²) in [6.07, 6.45) is -1.86. The van der Waals surface area contributed by atoms with Crippen LogP contribution in [0.3, 0.4) is 0 Å². The molecule has 212 valence electrons. The largest absolute Gasteiger partial charge is 0.497 e. The molecule has 0 amide bonds. The average molecular weight is 558 g/mol. The Labute approximate surface area is 219 Å². The number of aliphatic carboxylic acids is 1. The van der Waals surface area contributed by atoms with E-state index in [1.807, 2.05) is 11.6 Å². The molecular weight excluding hydrogens is 530 g/mol. The number of halogens is 4. The topological polar surface area (TPSA) is 132 Å². The quantitative estimate of drug-likeness (QED) is 0.439. The van der Waals surface area contributed by atoms with Gasteiger partial charge in [0.05, 0.1) is 25.4 Å². The number of nitrogens with one attached hydrogen (secondary N) is 1. The lowest BCUT2D eigenvalue weighted by Gasteiger charge is -2.42. The Morgan fingerprint density at radius 1 is 1.21 bits per heavy atom. The van der Waals surface area contributed by atoms with Crippen LogP contribution < -0.4 is 15.0 Å². The number of rotatable bonds is 6. The first-order chi connectivity index (χ1) is 18.5. The van der Waals surface area contributed by atoms with Gasteiger partial charge in [-0.1, -0.05) is 0 Å². The second-order valence-corrected chi connectivity index (χ2v) is 9.12. The number of carboxylic acid groups (broad SMARTS) is 1. The highest BCUT2D eigenvalue weighted by Gasteiger charge is 2.38. The highest BCUT2D eigenvalue weighted by Crippen LogP contribution is 2.29. The molecule has 2 fully saturated rings. The predicted molar refractivity (Wildman–Crippen MR) is 128 cm³/mol. The van der Waals surface area contributed by atoms with Crippen LogP contribution in [0.25, 0.3) is 11.0 Å². The van der Waals surface area contributed by atoms with Crippen LogP contribution in [-0.2, 0) is 9.53 Å². The maximum absolute atomic E-state index is 13.7. The van der Waals surface area contributed by atoms with Gasteiger partial charge < -0.3 is 24.3 Å². The van der Waals surface area contributed by atoms with Crippen molar-refractivity contribution in [1.82, 2.24) is 24.6 Å².